The van der Waals surface area contributed by atoms with E-state index in [4.69, 9.17) is 15.7 Å². The molecule has 0 aliphatic heterocycles. The Hall–Kier alpha value is -2.69. The average Bonchev–Trinajstić information content (AvgIpc) is 2.53. The van der Waals surface area contributed by atoms with Crippen LogP contribution in [0.25, 0.3) is 0 Å². The summed E-state index contributed by atoms with van der Waals surface area (Å²) >= 11 is 0. The van der Waals surface area contributed by atoms with Gasteiger partial charge in [-0.3, -0.25) is 5.41 Å². The summed E-state index contributed by atoms with van der Waals surface area (Å²) in [7, 11) is 1.60. The van der Waals surface area contributed by atoms with Crippen LogP contribution < -0.4 is 4.74 Å². The maximum atomic E-state index is 8.14. The van der Waals surface area contributed by atoms with Gasteiger partial charge in [0.05, 0.1) is 13.7 Å². The Balaban J connectivity index is 2.21. The Kier molecular flexibility index (Phi) is 4.44. The standard InChI is InChI=1S/C15H16N4O/c1-20-14-10-6-5-9-13(14)11-19(18-17)15(16)12-7-3-2-4-8-12/h2-10,16-17H,11H2,1H3. The number of hydrogen-bond donors (Lipinski definition) is 2. The van der Waals surface area contributed by atoms with Gasteiger partial charge in [0.1, 0.15) is 5.75 Å². The summed E-state index contributed by atoms with van der Waals surface area (Å²) in [6.07, 6.45) is 0. The van der Waals surface area contributed by atoms with Gasteiger partial charge in [-0.05, 0) is 6.07 Å². The van der Waals surface area contributed by atoms with Gasteiger partial charge in [-0.25, -0.2) is 5.01 Å². The quantitative estimate of drug-likeness (QED) is 0.377. The molecule has 2 aromatic carbocycles. The molecule has 0 radical (unpaired) electrons. The van der Waals surface area contributed by atoms with E-state index >= 15 is 0 Å². The van der Waals surface area contributed by atoms with Crippen LogP contribution in [0.3, 0.4) is 0 Å². The van der Waals surface area contributed by atoms with Crippen LogP contribution >= 0.6 is 0 Å². The second-order valence-electron chi connectivity index (χ2n) is 4.18. The van der Waals surface area contributed by atoms with Gasteiger partial charge in [-0.15, -0.1) is 0 Å². The lowest BCUT2D eigenvalue weighted by atomic mass is 10.1. The summed E-state index contributed by atoms with van der Waals surface area (Å²) in [4.78, 5) is 0. The number of para-hydroxylation sites is 1. The minimum atomic E-state index is 0.187. The largest absolute Gasteiger partial charge is 0.496 e. The zero-order valence-electron chi connectivity index (χ0n) is 11.2. The number of nitrogens with zero attached hydrogens (tertiary/aromatic N) is 2. The third-order valence-corrected chi connectivity index (χ3v) is 2.94. The molecule has 0 spiro atoms. The number of ether oxygens (including phenoxy) is 1. The van der Waals surface area contributed by atoms with E-state index in [0.29, 0.717) is 6.54 Å². The van der Waals surface area contributed by atoms with Crippen molar-refractivity contribution in [1.29, 1.82) is 10.9 Å². The Labute approximate surface area is 117 Å². The zero-order valence-corrected chi connectivity index (χ0v) is 11.2. The van der Waals surface area contributed by atoms with E-state index in [1.165, 1.54) is 5.01 Å². The number of nitrogens with one attached hydrogen (secondary N) is 2. The lowest BCUT2D eigenvalue weighted by Crippen LogP contribution is -2.25. The van der Waals surface area contributed by atoms with Gasteiger partial charge in [0.15, 0.2) is 5.84 Å². The number of rotatable bonds is 5. The van der Waals surface area contributed by atoms with E-state index in [0.717, 1.165) is 16.9 Å². The van der Waals surface area contributed by atoms with Crippen molar-refractivity contribution < 1.29 is 4.74 Å². The van der Waals surface area contributed by atoms with Crippen molar-refractivity contribution >= 4 is 5.84 Å². The molecule has 0 atom stereocenters. The lowest BCUT2D eigenvalue weighted by Gasteiger charge is -2.19. The van der Waals surface area contributed by atoms with Crippen LogP contribution in [0.1, 0.15) is 11.1 Å². The minimum absolute atomic E-state index is 0.187. The highest BCUT2D eigenvalue weighted by Crippen LogP contribution is 2.20. The Morgan fingerprint density at radius 3 is 2.40 bits per heavy atom. The molecule has 2 rings (SSSR count). The highest BCUT2D eigenvalue weighted by Gasteiger charge is 2.13. The predicted molar refractivity (Wildman–Crippen MR) is 77.0 cm³/mol. The van der Waals surface area contributed by atoms with Crippen LogP contribution in [-0.2, 0) is 6.54 Å². The molecule has 0 amide bonds. The molecule has 0 aliphatic carbocycles. The molecule has 5 heteroatoms. The SMILES string of the molecule is COc1ccccc1CN(N=N)C(=N)c1ccccc1. The van der Waals surface area contributed by atoms with Gasteiger partial charge in [0, 0.05) is 11.1 Å². The Bertz CT molecular complexity index is 598. The topological polar surface area (TPSA) is 72.5 Å². The summed E-state index contributed by atoms with van der Waals surface area (Å²) < 4.78 is 5.28. The molecule has 0 saturated heterocycles. The van der Waals surface area contributed by atoms with Crippen molar-refractivity contribution in [2.24, 2.45) is 5.22 Å². The maximum absolute atomic E-state index is 8.14. The number of benzene rings is 2. The van der Waals surface area contributed by atoms with Crippen molar-refractivity contribution in [1.82, 2.24) is 5.01 Å². The highest BCUT2D eigenvalue weighted by atomic mass is 16.5. The number of methoxy groups -OCH3 is 1. The summed E-state index contributed by atoms with van der Waals surface area (Å²) in [5.74, 6) is 0.911. The van der Waals surface area contributed by atoms with Crippen LogP contribution in [0.5, 0.6) is 5.75 Å². The van der Waals surface area contributed by atoms with E-state index in [1.807, 2.05) is 54.6 Å². The van der Waals surface area contributed by atoms with Gasteiger partial charge >= 0.3 is 0 Å². The fourth-order valence-corrected chi connectivity index (χ4v) is 1.90. The summed E-state index contributed by atoms with van der Waals surface area (Å²) in [6.45, 7) is 0.321. The van der Waals surface area contributed by atoms with Gasteiger partial charge in [0.25, 0.3) is 0 Å². The average molecular weight is 268 g/mol. The van der Waals surface area contributed by atoms with E-state index in [-0.39, 0.29) is 5.84 Å². The fraction of sp³-hybridized carbons (Fsp3) is 0.133. The molecule has 0 heterocycles. The second-order valence-corrected chi connectivity index (χ2v) is 4.18. The lowest BCUT2D eigenvalue weighted by molar-refractivity contribution is 0.370. The minimum Gasteiger partial charge on any atom is -0.496 e. The van der Waals surface area contributed by atoms with Crippen LogP contribution in [0.2, 0.25) is 0 Å². The molecule has 5 nitrogen and oxygen atoms in total. The second kappa shape index (κ2) is 6.47. The third kappa shape index (κ3) is 3.00. The number of amidine groups is 1. The normalized spacial score (nSPS) is 9.85. The smallest absolute Gasteiger partial charge is 0.150 e. The Morgan fingerprint density at radius 1 is 1.10 bits per heavy atom. The van der Waals surface area contributed by atoms with Gasteiger partial charge in [-0.2, -0.15) is 5.53 Å². The monoisotopic (exact) mass is 268 g/mol. The van der Waals surface area contributed by atoms with Gasteiger partial charge < -0.3 is 4.74 Å². The van der Waals surface area contributed by atoms with Crippen molar-refractivity contribution in [2.75, 3.05) is 7.11 Å². The molecule has 2 N–H and O–H groups in total. The first-order valence-corrected chi connectivity index (χ1v) is 6.17. The molecular weight excluding hydrogens is 252 g/mol. The van der Waals surface area contributed by atoms with Crippen molar-refractivity contribution in [3.8, 4) is 5.75 Å². The highest BCUT2D eigenvalue weighted by molar-refractivity contribution is 5.96. The molecule has 0 fully saturated rings. The third-order valence-electron chi connectivity index (χ3n) is 2.94. The fourth-order valence-electron chi connectivity index (χ4n) is 1.90. The van der Waals surface area contributed by atoms with Crippen molar-refractivity contribution in [3.05, 3.63) is 65.7 Å². The van der Waals surface area contributed by atoms with E-state index < -0.39 is 0 Å². The van der Waals surface area contributed by atoms with Crippen LogP contribution in [0.15, 0.2) is 59.8 Å². The van der Waals surface area contributed by atoms with Crippen LogP contribution in [0.4, 0.5) is 0 Å². The molecule has 0 aromatic heterocycles. The molecular formula is C15H16N4O. The maximum Gasteiger partial charge on any atom is 0.150 e. The first kappa shape index (κ1) is 13.7. The summed E-state index contributed by atoms with van der Waals surface area (Å²) in [5.41, 5.74) is 8.89. The molecule has 0 bridgehead atoms. The molecule has 0 aliphatic rings. The van der Waals surface area contributed by atoms with E-state index in [2.05, 4.69) is 5.22 Å². The summed E-state index contributed by atoms with van der Waals surface area (Å²) in [6, 6.07) is 16.8. The van der Waals surface area contributed by atoms with Crippen LogP contribution in [-0.4, -0.2) is 18.0 Å². The zero-order chi connectivity index (χ0) is 14.4. The van der Waals surface area contributed by atoms with Gasteiger partial charge in [0.2, 0.25) is 0 Å². The van der Waals surface area contributed by atoms with E-state index in [1.54, 1.807) is 7.11 Å². The molecule has 102 valence electrons. The van der Waals surface area contributed by atoms with Crippen LogP contribution in [0, 0.1) is 10.9 Å². The molecule has 20 heavy (non-hydrogen) atoms. The summed E-state index contributed by atoms with van der Waals surface area (Å²) in [5, 5.41) is 12.9. The van der Waals surface area contributed by atoms with Crippen molar-refractivity contribution in [2.45, 2.75) is 6.54 Å². The van der Waals surface area contributed by atoms with Gasteiger partial charge in [-0.1, -0.05) is 53.8 Å². The predicted octanol–water partition coefficient (Wildman–Crippen LogP) is 3.47. The van der Waals surface area contributed by atoms with Crippen molar-refractivity contribution in [3.63, 3.8) is 0 Å². The molecule has 0 saturated carbocycles. The van der Waals surface area contributed by atoms with E-state index in [9.17, 15) is 0 Å². The number of hydrogen-bond acceptors (Lipinski definition) is 4. The Morgan fingerprint density at radius 2 is 1.75 bits per heavy atom. The molecule has 0 unspecified atom stereocenters. The molecule has 2 aromatic rings. The first-order valence-electron chi connectivity index (χ1n) is 6.17. The first-order chi connectivity index (χ1) is 9.76.